The van der Waals surface area contributed by atoms with Crippen molar-refractivity contribution < 1.29 is 27.2 Å². The van der Waals surface area contributed by atoms with Crippen molar-refractivity contribution in [1.82, 2.24) is 9.73 Å². The fourth-order valence-corrected chi connectivity index (χ4v) is 5.45. The lowest BCUT2D eigenvalue weighted by Crippen LogP contribution is -2.32. The van der Waals surface area contributed by atoms with Gasteiger partial charge in [-0.25, -0.2) is 13.8 Å². The monoisotopic (exact) mass is 628 g/mol. The fourth-order valence-electron chi connectivity index (χ4n) is 3.80. The molecule has 0 aliphatic carbocycles. The highest BCUT2D eigenvalue weighted by atomic mass is 35.5. The smallest absolute Gasteiger partial charge is 0.329 e. The van der Waals surface area contributed by atoms with Gasteiger partial charge < -0.3 is 14.5 Å². The average Bonchev–Trinajstić information content (AvgIpc) is 3.41. The second kappa shape index (κ2) is 13.7. The van der Waals surface area contributed by atoms with Crippen molar-refractivity contribution >= 4 is 56.9 Å². The van der Waals surface area contributed by atoms with Crippen LogP contribution >= 0.6 is 23.2 Å². The first kappa shape index (κ1) is 30.8. The van der Waals surface area contributed by atoms with Gasteiger partial charge in [0.1, 0.15) is 17.3 Å². The summed E-state index contributed by atoms with van der Waals surface area (Å²) in [7, 11) is -2.50. The lowest BCUT2D eigenvalue weighted by Gasteiger charge is -2.21. The molecule has 4 aromatic rings. The summed E-state index contributed by atoms with van der Waals surface area (Å²) in [6, 6.07) is 21.0. The molecule has 13 heteroatoms. The zero-order valence-corrected chi connectivity index (χ0v) is 24.8. The van der Waals surface area contributed by atoms with Crippen molar-refractivity contribution in [2.45, 2.75) is 24.9 Å². The van der Waals surface area contributed by atoms with E-state index in [2.05, 4.69) is 15.8 Å². The van der Waals surface area contributed by atoms with Crippen LogP contribution in [0.1, 0.15) is 22.6 Å². The van der Waals surface area contributed by atoms with Gasteiger partial charge in [-0.1, -0.05) is 41.4 Å². The number of anilines is 1. The lowest BCUT2D eigenvalue weighted by molar-refractivity contribution is -0.136. The van der Waals surface area contributed by atoms with E-state index in [1.54, 1.807) is 54.6 Å². The van der Waals surface area contributed by atoms with Crippen LogP contribution in [0.15, 0.2) is 93.3 Å². The summed E-state index contributed by atoms with van der Waals surface area (Å²) in [6.45, 7) is 1.78. The van der Waals surface area contributed by atoms with E-state index in [4.69, 9.17) is 32.4 Å². The van der Waals surface area contributed by atoms with Crippen LogP contribution in [0.2, 0.25) is 10.0 Å². The molecule has 0 bridgehead atoms. The highest BCUT2D eigenvalue weighted by Crippen LogP contribution is 2.26. The number of hydrogen-bond donors (Lipinski definition) is 2. The van der Waals surface area contributed by atoms with Gasteiger partial charge >= 0.3 is 11.8 Å². The Kier molecular flexibility index (Phi) is 10.0. The molecule has 0 aliphatic heterocycles. The van der Waals surface area contributed by atoms with Gasteiger partial charge in [0, 0.05) is 16.6 Å². The van der Waals surface area contributed by atoms with Crippen LogP contribution < -0.4 is 15.5 Å². The molecule has 0 saturated carbocycles. The summed E-state index contributed by atoms with van der Waals surface area (Å²) in [5.41, 5.74) is 4.06. The van der Waals surface area contributed by atoms with E-state index in [-0.39, 0.29) is 23.7 Å². The molecule has 0 fully saturated rings. The number of carbonyl (C=O) groups excluding carboxylic acids is 2. The fraction of sp³-hybridized carbons (Fsp3) is 0.138. The SMILES string of the molecule is COc1ccc(C)cc1NC(=O)C(=O)N/N=C/c1ccc(CN(Cc2ccc(Cl)cc2)S(=O)(=O)c2ccc(Cl)cc2)o1. The van der Waals surface area contributed by atoms with Crippen LogP contribution in [0.5, 0.6) is 5.75 Å². The van der Waals surface area contributed by atoms with Crippen LogP contribution in [0.25, 0.3) is 0 Å². The number of nitrogens with zero attached hydrogens (tertiary/aromatic N) is 2. The number of hydrogen-bond acceptors (Lipinski definition) is 7. The van der Waals surface area contributed by atoms with Crippen LogP contribution in [0.3, 0.4) is 0 Å². The van der Waals surface area contributed by atoms with Crippen LogP contribution in [0, 0.1) is 6.92 Å². The molecule has 1 heterocycles. The molecule has 0 atom stereocenters. The highest BCUT2D eigenvalue weighted by molar-refractivity contribution is 7.89. The molecule has 42 heavy (non-hydrogen) atoms. The van der Waals surface area contributed by atoms with Crippen LogP contribution in [-0.4, -0.2) is 37.9 Å². The Balaban J connectivity index is 1.44. The first-order chi connectivity index (χ1) is 20.0. The molecular weight excluding hydrogens is 603 g/mol. The summed E-state index contributed by atoms with van der Waals surface area (Å²) in [5.74, 6) is -1.01. The number of sulfonamides is 1. The Hall–Kier alpha value is -4.16. The number of benzene rings is 3. The van der Waals surface area contributed by atoms with Gasteiger partial charge in [0.25, 0.3) is 0 Å². The second-order valence-electron chi connectivity index (χ2n) is 9.01. The van der Waals surface area contributed by atoms with E-state index in [1.165, 1.54) is 41.9 Å². The third kappa shape index (κ3) is 7.98. The Morgan fingerprint density at radius 3 is 2.26 bits per heavy atom. The minimum Gasteiger partial charge on any atom is -0.495 e. The van der Waals surface area contributed by atoms with Crippen molar-refractivity contribution in [3.63, 3.8) is 0 Å². The minimum absolute atomic E-state index is 0.0448. The molecule has 0 saturated heterocycles. The number of ether oxygens (including phenoxy) is 1. The zero-order chi connectivity index (χ0) is 30.3. The predicted octanol–water partition coefficient (Wildman–Crippen LogP) is 5.38. The van der Waals surface area contributed by atoms with Gasteiger partial charge in [0.15, 0.2) is 0 Å². The molecule has 3 aromatic carbocycles. The normalized spacial score (nSPS) is 11.5. The maximum Gasteiger partial charge on any atom is 0.329 e. The van der Waals surface area contributed by atoms with E-state index >= 15 is 0 Å². The van der Waals surface area contributed by atoms with E-state index in [9.17, 15) is 18.0 Å². The summed E-state index contributed by atoms with van der Waals surface area (Å²) in [5, 5.41) is 7.19. The maximum atomic E-state index is 13.5. The quantitative estimate of drug-likeness (QED) is 0.138. The molecule has 1 aromatic heterocycles. The summed E-state index contributed by atoms with van der Waals surface area (Å²) < 4.78 is 39.2. The molecule has 0 aliphatic rings. The predicted molar refractivity (Wildman–Crippen MR) is 160 cm³/mol. The summed E-state index contributed by atoms with van der Waals surface area (Å²) in [4.78, 5) is 24.6. The maximum absolute atomic E-state index is 13.5. The first-order valence-electron chi connectivity index (χ1n) is 12.4. The molecule has 0 unspecified atom stereocenters. The Bertz CT molecular complexity index is 1700. The number of rotatable bonds is 10. The van der Waals surface area contributed by atoms with E-state index in [1.807, 2.05) is 6.92 Å². The molecule has 218 valence electrons. The molecular formula is C29H26Cl2N4O6S. The lowest BCUT2D eigenvalue weighted by atomic mass is 10.2. The number of aryl methyl sites for hydroxylation is 1. The summed E-state index contributed by atoms with van der Waals surface area (Å²) >= 11 is 11.9. The molecule has 4 rings (SSSR count). The van der Waals surface area contributed by atoms with Gasteiger partial charge in [0.2, 0.25) is 10.0 Å². The van der Waals surface area contributed by atoms with Crippen molar-refractivity contribution in [2.75, 3.05) is 12.4 Å². The number of amides is 2. The molecule has 0 spiro atoms. The number of hydrazone groups is 1. The Morgan fingerprint density at radius 1 is 0.929 bits per heavy atom. The molecule has 0 radical (unpaired) electrons. The number of halogens is 2. The van der Waals surface area contributed by atoms with Gasteiger partial charge in [-0.05, 0) is 78.7 Å². The molecule has 2 N–H and O–H groups in total. The van der Waals surface area contributed by atoms with Crippen LogP contribution in [0.4, 0.5) is 5.69 Å². The van der Waals surface area contributed by atoms with Crippen molar-refractivity contribution in [3.8, 4) is 5.75 Å². The largest absolute Gasteiger partial charge is 0.495 e. The summed E-state index contributed by atoms with van der Waals surface area (Å²) in [6.07, 6.45) is 1.19. The zero-order valence-electron chi connectivity index (χ0n) is 22.5. The van der Waals surface area contributed by atoms with Crippen molar-refractivity contribution in [3.05, 3.63) is 112 Å². The molecule has 2 amide bonds. The first-order valence-corrected chi connectivity index (χ1v) is 14.6. The highest BCUT2D eigenvalue weighted by Gasteiger charge is 2.26. The number of carbonyl (C=O) groups is 2. The number of nitrogens with one attached hydrogen (secondary N) is 2. The topological polar surface area (TPSA) is 130 Å². The van der Waals surface area contributed by atoms with Gasteiger partial charge in [-0.2, -0.15) is 9.41 Å². The Labute approximate surface area is 252 Å². The van der Waals surface area contributed by atoms with Crippen LogP contribution in [-0.2, 0) is 32.7 Å². The van der Waals surface area contributed by atoms with E-state index in [0.29, 0.717) is 27.2 Å². The average molecular weight is 630 g/mol. The minimum atomic E-state index is -3.95. The van der Waals surface area contributed by atoms with E-state index in [0.717, 1.165) is 11.1 Å². The Morgan fingerprint density at radius 2 is 1.60 bits per heavy atom. The van der Waals surface area contributed by atoms with Gasteiger partial charge in [-0.15, -0.1) is 0 Å². The third-order valence-corrected chi connectivity index (χ3v) is 8.22. The number of furan rings is 1. The van der Waals surface area contributed by atoms with Crippen molar-refractivity contribution in [2.24, 2.45) is 5.10 Å². The van der Waals surface area contributed by atoms with E-state index < -0.39 is 21.8 Å². The number of methoxy groups -OCH3 is 1. The van der Waals surface area contributed by atoms with Gasteiger partial charge in [0.05, 0.1) is 30.5 Å². The third-order valence-electron chi connectivity index (χ3n) is 5.91. The van der Waals surface area contributed by atoms with Crippen molar-refractivity contribution in [1.29, 1.82) is 0 Å². The van der Waals surface area contributed by atoms with Gasteiger partial charge in [-0.3, -0.25) is 9.59 Å². The molecule has 10 nitrogen and oxygen atoms in total. The second-order valence-corrected chi connectivity index (χ2v) is 11.8. The standard InChI is InChI=1S/C29H26Cl2N4O6S/c1-19-3-14-27(40-2)26(15-19)33-28(36)29(37)34-32-16-23-10-11-24(41-23)18-35(17-20-4-6-21(30)7-5-20)42(38,39)25-12-8-22(31)9-13-25/h3-16H,17-18H2,1-2H3,(H,33,36)(H,34,37)/b32-16+.